The van der Waals surface area contributed by atoms with Crippen molar-refractivity contribution < 1.29 is 0 Å². The van der Waals surface area contributed by atoms with Gasteiger partial charge in [0.2, 0.25) is 0 Å². The number of rotatable bonds is 4. The van der Waals surface area contributed by atoms with E-state index in [1.54, 1.807) is 18.2 Å². The highest BCUT2D eigenvalue weighted by Gasteiger charge is 2.07. The molecule has 1 aromatic carbocycles. The van der Waals surface area contributed by atoms with E-state index in [1.807, 2.05) is 0 Å². The molecule has 2 rings (SSSR count). The Hall–Kier alpha value is -0.800. The van der Waals surface area contributed by atoms with E-state index >= 15 is 0 Å². The third-order valence-corrected chi connectivity index (χ3v) is 3.80. The maximum absolute atomic E-state index is 12.0. The summed E-state index contributed by atoms with van der Waals surface area (Å²) in [6.45, 7) is 2.17. The topological polar surface area (TPSA) is 32.9 Å². The van der Waals surface area contributed by atoms with Crippen molar-refractivity contribution in [2.24, 2.45) is 0 Å². The highest BCUT2D eigenvalue weighted by atomic mass is 79.9. The van der Waals surface area contributed by atoms with Crippen LogP contribution in [0.25, 0.3) is 10.9 Å². The number of halogens is 2. The zero-order valence-corrected chi connectivity index (χ0v) is 12.6. The van der Waals surface area contributed by atoms with Gasteiger partial charge in [-0.05, 0) is 40.9 Å². The van der Waals surface area contributed by atoms with E-state index in [0.717, 1.165) is 28.5 Å². The molecule has 0 fully saturated rings. The van der Waals surface area contributed by atoms with Crippen LogP contribution in [0.3, 0.4) is 0 Å². The molecule has 18 heavy (non-hydrogen) atoms. The third kappa shape index (κ3) is 2.96. The SMILES string of the molecule is CCCCCc1cc(=O)c2cc(Cl)cc(Br)c2[nH]1. The van der Waals surface area contributed by atoms with Crippen molar-refractivity contribution >= 4 is 38.4 Å². The van der Waals surface area contributed by atoms with E-state index in [4.69, 9.17) is 11.6 Å². The van der Waals surface area contributed by atoms with Gasteiger partial charge in [0, 0.05) is 26.6 Å². The maximum atomic E-state index is 12.0. The van der Waals surface area contributed by atoms with Crippen LogP contribution in [-0.4, -0.2) is 4.98 Å². The van der Waals surface area contributed by atoms with E-state index in [1.165, 1.54) is 12.8 Å². The minimum absolute atomic E-state index is 0.0263. The summed E-state index contributed by atoms with van der Waals surface area (Å²) in [4.78, 5) is 15.4. The van der Waals surface area contributed by atoms with Crippen LogP contribution in [0, 0.1) is 0 Å². The molecule has 96 valence electrons. The lowest BCUT2D eigenvalue weighted by molar-refractivity contribution is 0.708. The van der Waals surface area contributed by atoms with Crippen molar-refractivity contribution in [3.8, 4) is 0 Å². The minimum atomic E-state index is 0.0263. The lowest BCUT2D eigenvalue weighted by atomic mass is 10.1. The molecule has 0 unspecified atom stereocenters. The first-order valence-electron chi connectivity index (χ1n) is 6.12. The van der Waals surface area contributed by atoms with Crippen LogP contribution in [-0.2, 0) is 6.42 Å². The number of nitrogens with one attached hydrogen (secondary N) is 1. The summed E-state index contributed by atoms with van der Waals surface area (Å²) in [5, 5.41) is 1.20. The average molecular weight is 329 g/mol. The Bertz CT molecular complexity index is 621. The first kappa shape index (κ1) is 13.6. The number of aromatic nitrogens is 1. The maximum Gasteiger partial charge on any atom is 0.189 e. The number of hydrogen-bond donors (Lipinski definition) is 1. The summed E-state index contributed by atoms with van der Waals surface area (Å²) >= 11 is 9.40. The van der Waals surface area contributed by atoms with Gasteiger partial charge in [0.1, 0.15) is 0 Å². The number of benzene rings is 1. The highest BCUT2D eigenvalue weighted by Crippen LogP contribution is 2.25. The molecular weight excluding hydrogens is 314 g/mol. The monoisotopic (exact) mass is 327 g/mol. The minimum Gasteiger partial charge on any atom is -0.357 e. The summed E-state index contributed by atoms with van der Waals surface area (Å²) in [6, 6.07) is 5.19. The fourth-order valence-electron chi connectivity index (χ4n) is 2.03. The summed E-state index contributed by atoms with van der Waals surface area (Å²) < 4.78 is 0.833. The van der Waals surface area contributed by atoms with E-state index in [0.29, 0.717) is 10.4 Å². The second-order valence-electron chi connectivity index (χ2n) is 4.43. The Labute approximate surface area is 119 Å². The number of aromatic amines is 1. The van der Waals surface area contributed by atoms with Gasteiger partial charge in [0.05, 0.1) is 5.52 Å². The molecule has 0 atom stereocenters. The van der Waals surface area contributed by atoms with Crippen LogP contribution in [0.5, 0.6) is 0 Å². The molecule has 1 heterocycles. The first-order valence-corrected chi connectivity index (χ1v) is 7.30. The molecule has 0 saturated carbocycles. The van der Waals surface area contributed by atoms with Crippen molar-refractivity contribution in [1.29, 1.82) is 0 Å². The van der Waals surface area contributed by atoms with Crippen molar-refractivity contribution in [3.63, 3.8) is 0 Å². The van der Waals surface area contributed by atoms with Crippen LogP contribution < -0.4 is 5.43 Å². The van der Waals surface area contributed by atoms with Crippen LogP contribution in [0.15, 0.2) is 27.5 Å². The van der Waals surface area contributed by atoms with Crippen molar-refractivity contribution in [3.05, 3.63) is 43.6 Å². The Morgan fingerprint density at radius 3 is 2.78 bits per heavy atom. The van der Waals surface area contributed by atoms with Crippen molar-refractivity contribution in [2.75, 3.05) is 0 Å². The Balaban J connectivity index is 2.45. The molecule has 0 bridgehead atoms. The van der Waals surface area contributed by atoms with Crippen molar-refractivity contribution in [1.82, 2.24) is 4.98 Å². The van der Waals surface area contributed by atoms with Gasteiger partial charge in [0.25, 0.3) is 0 Å². The predicted molar refractivity (Wildman–Crippen MR) is 80.5 cm³/mol. The molecule has 4 heteroatoms. The van der Waals surface area contributed by atoms with Gasteiger partial charge < -0.3 is 4.98 Å². The van der Waals surface area contributed by atoms with Crippen LogP contribution in [0.4, 0.5) is 0 Å². The van der Waals surface area contributed by atoms with Gasteiger partial charge in [-0.15, -0.1) is 0 Å². The van der Waals surface area contributed by atoms with E-state index < -0.39 is 0 Å². The smallest absolute Gasteiger partial charge is 0.189 e. The predicted octanol–water partition coefficient (Wildman–Crippen LogP) is 4.68. The van der Waals surface area contributed by atoms with Gasteiger partial charge in [-0.25, -0.2) is 0 Å². The molecule has 1 N–H and O–H groups in total. The first-order chi connectivity index (χ1) is 8.61. The molecule has 0 aliphatic heterocycles. The highest BCUT2D eigenvalue weighted by molar-refractivity contribution is 9.10. The van der Waals surface area contributed by atoms with Crippen LogP contribution in [0.1, 0.15) is 31.9 Å². The van der Waals surface area contributed by atoms with Gasteiger partial charge in [-0.1, -0.05) is 31.4 Å². The van der Waals surface area contributed by atoms with Crippen molar-refractivity contribution in [2.45, 2.75) is 32.6 Å². The standard InChI is InChI=1S/C14H15BrClNO/c1-2-3-4-5-10-8-13(18)11-6-9(16)7-12(15)14(11)17-10/h6-8H,2-5H2,1H3,(H,17,18). The summed E-state index contributed by atoms with van der Waals surface area (Å²) in [5.74, 6) is 0. The quantitative estimate of drug-likeness (QED) is 0.812. The van der Waals surface area contributed by atoms with Gasteiger partial charge in [0.15, 0.2) is 5.43 Å². The van der Waals surface area contributed by atoms with Crippen LogP contribution in [0.2, 0.25) is 5.02 Å². The fourth-order valence-corrected chi connectivity index (χ4v) is 2.94. The summed E-state index contributed by atoms with van der Waals surface area (Å²) in [6.07, 6.45) is 4.37. The zero-order chi connectivity index (χ0) is 13.1. The van der Waals surface area contributed by atoms with E-state index in [-0.39, 0.29) is 5.43 Å². The van der Waals surface area contributed by atoms with Gasteiger partial charge in [-0.3, -0.25) is 4.79 Å². The molecule has 0 saturated heterocycles. The second kappa shape index (κ2) is 5.89. The van der Waals surface area contributed by atoms with Crippen LogP contribution >= 0.6 is 27.5 Å². The molecule has 2 aromatic rings. The number of hydrogen-bond acceptors (Lipinski definition) is 1. The largest absolute Gasteiger partial charge is 0.357 e. The Morgan fingerprint density at radius 2 is 2.06 bits per heavy atom. The number of unbranched alkanes of at least 4 members (excludes halogenated alkanes) is 2. The number of H-pyrrole nitrogens is 1. The molecule has 0 spiro atoms. The number of pyridine rings is 1. The molecule has 0 aliphatic carbocycles. The lowest BCUT2D eigenvalue weighted by Crippen LogP contribution is -2.05. The van der Waals surface area contributed by atoms with Gasteiger partial charge >= 0.3 is 0 Å². The molecular formula is C14H15BrClNO. The van der Waals surface area contributed by atoms with E-state index in [9.17, 15) is 4.79 Å². The second-order valence-corrected chi connectivity index (χ2v) is 5.72. The number of aryl methyl sites for hydroxylation is 1. The lowest BCUT2D eigenvalue weighted by Gasteiger charge is -2.06. The molecule has 0 radical (unpaired) electrons. The normalized spacial score (nSPS) is 11.1. The average Bonchev–Trinajstić information content (AvgIpc) is 2.31. The Kier molecular flexibility index (Phi) is 4.46. The molecule has 1 aromatic heterocycles. The van der Waals surface area contributed by atoms with E-state index in [2.05, 4.69) is 27.8 Å². The molecule has 0 amide bonds. The van der Waals surface area contributed by atoms with Gasteiger partial charge in [-0.2, -0.15) is 0 Å². The summed E-state index contributed by atoms with van der Waals surface area (Å²) in [7, 11) is 0. The zero-order valence-electron chi connectivity index (χ0n) is 10.2. The number of fused-ring (bicyclic) bond motifs is 1. The molecule has 2 nitrogen and oxygen atoms in total. The Morgan fingerprint density at radius 1 is 1.28 bits per heavy atom. The molecule has 0 aliphatic rings. The third-order valence-electron chi connectivity index (χ3n) is 2.96. The summed E-state index contributed by atoms with van der Waals surface area (Å²) in [5.41, 5.74) is 1.85. The fraction of sp³-hybridized carbons (Fsp3) is 0.357.